The zero-order valence-corrected chi connectivity index (χ0v) is 11.5. The Morgan fingerprint density at radius 1 is 1.50 bits per heavy atom. The molecule has 4 N–H and O–H groups in total. The number of amides is 1. The first-order valence-electron chi connectivity index (χ1n) is 6.43. The summed E-state index contributed by atoms with van der Waals surface area (Å²) in [6, 6.07) is 0.0280. The van der Waals surface area contributed by atoms with E-state index >= 15 is 0 Å². The third-order valence-electron chi connectivity index (χ3n) is 2.57. The fraction of sp³-hybridized carbons (Fsp3) is 0.917. The summed E-state index contributed by atoms with van der Waals surface area (Å²) in [5.74, 6) is 0. The van der Waals surface area contributed by atoms with Gasteiger partial charge in [0.1, 0.15) is 5.60 Å². The molecule has 0 spiro atoms. The van der Waals surface area contributed by atoms with Gasteiger partial charge in [-0.25, -0.2) is 4.79 Å². The van der Waals surface area contributed by atoms with Crippen molar-refractivity contribution >= 4 is 6.09 Å². The second-order valence-corrected chi connectivity index (χ2v) is 5.49. The Hall–Kier alpha value is -0.850. The van der Waals surface area contributed by atoms with Crippen LogP contribution in [0, 0.1) is 0 Å². The molecular formula is C12H25N3O3. The second-order valence-electron chi connectivity index (χ2n) is 5.49. The lowest BCUT2D eigenvalue weighted by atomic mass is 10.1. The molecule has 1 rings (SSSR count). The summed E-state index contributed by atoms with van der Waals surface area (Å²) < 4.78 is 10.8. The highest BCUT2D eigenvalue weighted by molar-refractivity contribution is 5.67. The number of nitrogens with two attached hydrogens (primary N) is 1. The van der Waals surface area contributed by atoms with Crippen molar-refractivity contribution in [1.29, 1.82) is 0 Å². The summed E-state index contributed by atoms with van der Waals surface area (Å²) in [6.07, 6.45) is 0.570. The number of piperidine rings is 1. The number of alkyl carbamates (subject to hydrolysis) is 1. The highest BCUT2D eigenvalue weighted by Gasteiger charge is 2.22. The van der Waals surface area contributed by atoms with Crippen LogP contribution in [0.4, 0.5) is 4.79 Å². The summed E-state index contributed by atoms with van der Waals surface area (Å²) in [4.78, 5) is 11.4. The van der Waals surface area contributed by atoms with Gasteiger partial charge in [-0.05, 0) is 33.7 Å². The van der Waals surface area contributed by atoms with E-state index in [9.17, 15) is 4.79 Å². The number of ether oxygens (including phenoxy) is 2. The lowest BCUT2D eigenvalue weighted by molar-refractivity contribution is 0.0177. The number of rotatable bonds is 4. The summed E-state index contributed by atoms with van der Waals surface area (Å²) >= 11 is 0. The van der Waals surface area contributed by atoms with E-state index in [-0.39, 0.29) is 12.1 Å². The van der Waals surface area contributed by atoms with Crippen LogP contribution in [0.25, 0.3) is 0 Å². The molecule has 0 aliphatic carbocycles. The average molecular weight is 259 g/mol. The molecule has 1 heterocycles. The Morgan fingerprint density at radius 3 is 2.83 bits per heavy atom. The molecule has 106 valence electrons. The normalized spacial score (nSPS) is 24.7. The predicted octanol–water partition coefficient (Wildman–Crippen LogP) is 0.217. The lowest BCUT2D eigenvalue weighted by Gasteiger charge is -2.29. The summed E-state index contributed by atoms with van der Waals surface area (Å²) in [7, 11) is 0. The minimum Gasteiger partial charge on any atom is -0.444 e. The Balaban J connectivity index is 2.09. The van der Waals surface area contributed by atoms with Crippen LogP contribution in [-0.4, -0.2) is 50.1 Å². The van der Waals surface area contributed by atoms with Gasteiger partial charge in [-0.2, -0.15) is 0 Å². The molecule has 6 heteroatoms. The molecular weight excluding hydrogens is 234 g/mol. The maximum Gasteiger partial charge on any atom is 0.407 e. The molecule has 1 aliphatic rings. The van der Waals surface area contributed by atoms with Crippen molar-refractivity contribution in [2.45, 2.75) is 44.9 Å². The first kappa shape index (κ1) is 15.2. The molecule has 1 amide bonds. The fourth-order valence-corrected chi connectivity index (χ4v) is 1.74. The van der Waals surface area contributed by atoms with E-state index in [1.54, 1.807) is 0 Å². The van der Waals surface area contributed by atoms with E-state index in [1.807, 2.05) is 20.8 Å². The van der Waals surface area contributed by atoms with Gasteiger partial charge in [-0.1, -0.05) is 0 Å². The SMILES string of the molecule is CC(C)(C)OC(=O)NCCOC1CCNCC1N. The molecule has 1 fully saturated rings. The molecule has 1 aliphatic heterocycles. The molecule has 2 atom stereocenters. The van der Waals surface area contributed by atoms with Gasteiger partial charge in [-0.15, -0.1) is 0 Å². The molecule has 0 bridgehead atoms. The number of carbonyl (C=O) groups excluding carboxylic acids is 1. The number of carbonyl (C=O) groups is 1. The number of hydrogen-bond acceptors (Lipinski definition) is 5. The van der Waals surface area contributed by atoms with Gasteiger partial charge in [0.2, 0.25) is 0 Å². The van der Waals surface area contributed by atoms with Crippen LogP contribution in [0.3, 0.4) is 0 Å². The number of nitrogens with one attached hydrogen (secondary N) is 2. The van der Waals surface area contributed by atoms with Crippen LogP contribution in [0.1, 0.15) is 27.2 Å². The molecule has 6 nitrogen and oxygen atoms in total. The molecule has 0 saturated carbocycles. The van der Waals surface area contributed by atoms with Crippen molar-refractivity contribution in [3.8, 4) is 0 Å². The van der Waals surface area contributed by atoms with Crippen molar-refractivity contribution in [2.24, 2.45) is 5.73 Å². The summed E-state index contributed by atoms with van der Waals surface area (Å²) in [5.41, 5.74) is 5.43. The lowest BCUT2D eigenvalue weighted by Crippen LogP contribution is -2.50. The van der Waals surface area contributed by atoms with Gasteiger partial charge in [0.15, 0.2) is 0 Å². The largest absolute Gasteiger partial charge is 0.444 e. The standard InChI is InChI=1S/C12H25N3O3/c1-12(2,3)18-11(16)15-6-7-17-10-4-5-14-8-9(10)13/h9-10,14H,4-8,13H2,1-3H3,(H,15,16). The average Bonchev–Trinajstić information content (AvgIpc) is 2.24. The van der Waals surface area contributed by atoms with Gasteiger partial charge in [0.25, 0.3) is 0 Å². The first-order valence-corrected chi connectivity index (χ1v) is 6.43. The van der Waals surface area contributed by atoms with Crippen LogP contribution in [-0.2, 0) is 9.47 Å². The Morgan fingerprint density at radius 2 is 2.22 bits per heavy atom. The maximum atomic E-state index is 11.4. The third-order valence-corrected chi connectivity index (χ3v) is 2.57. The zero-order valence-electron chi connectivity index (χ0n) is 11.5. The van der Waals surface area contributed by atoms with Crippen molar-refractivity contribution in [2.75, 3.05) is 26.2 Å². The molecule has 1 saturated heterocycles. The topological polar surface area (TPSA) is 85.6 Å². The summed E-state index contributed by atoms with van der Waals surface area (Å²) in [6.45, 7) is 8.09. The van der Waals surface area contributed by atoms with Crippen LogP contribution in [0.15, 0.2) is 0 Å². The van der Waals surface area contributed by atoms with Crippen LogP contribution < -0.4 is 16.4 Å². The minimum atomic E-state index is -0.470. The van der Waals surface area contributed by atoms with Crippen molar-refractivity contribution in [3.05, 3.63) is 0 Å². The molecule has 2 unspecified atom stereocenters. The molecule has 0 aromatic heterocycles. The van der Waals surface area contributed by atoms with Crippen LogP contribution in [0.2, 0.25) is 0 Å². The smallest absolute Gasteiger partial charge is 0.407 e. The quantitative estimate of drug-likeness (QED) is 0.629. The third kappa shape index (κ3) is 6.18. The highest BCUT2D eigenvalue weighted by Crippen LogP contribution is 2.07. The maximum absolute atomic E-state index is 11.4. The summed E-state index contributed by atoms with van der Waals surface area (Å²) in [5, 5.41) is 5.86. The zero-order chi connectivity index (χ0) is 13.6. The molecule has 0 radical (unpaired) electrons. The van der Waals surface area contributed by atoms with Crippen molar-refractivity contribution in [1.82, 2.24) is 10.6 Å². The first-order chi connectivity index (χ1) is 8.38. The van der Waals surface area contributed by atoms with Crippen molar-refractivity contribution in [3.63, 3.8) is 0 Å². The van der Waals surface area contributed by atoms with E-state index in [0.717, 1.165) is 19.5 Å². The Labute approximate surface area is 109 Å². The van der Waals surface area contributed by atoms with Gasteiger partial charge in [0, 0.05) is 19.1 Å². The van der Waals surface area contributed by atoms with Gasteiger partial charge in [0.05, 0.1) is 12.7 Å². The van der Waals surface area contributed by atoms with E-state index in [1.165, 1.54) is 0 Å². The van der Waals surface area contributed by atoms with E-state index in [0.29, 0.717) is 13.2 Å². The van der Waals surface area contributed by atoms with Crippen molar-refractivity contribution < 1.29 is 14.3 Å². The van der Waals surface area contributed by atoms with Gasteiger partial charge >= 0.3 is 6.09 Å². The molecule has 0 aromatic carbocycles. The fourth-order valence-electron chi connectivity index (χ4n) is 1.74. The van der Waals surface area contributed by atoms with Crippen LogP contribution in [0.5, 0.6) is 0 Å². The highest BCUT2D eigenvalue weighted by atomic mass is 16.6. The van der Waals surface area contributed by atoms with E-state index in [4.69, 9.17) is 15.2 Å². The number of hydrogen-bond donors (Lipinski definition) is 3. The van der Waals surface area contributed by atoms with Gasteiger partial charge in [-0.3, -0.25) is 0 Å². The van der Waals surface area contributed by atoms with E-state index in [2.05, 4.69) is 10.6 Å². The predicted molar refractivity (Wildman–Crippen MR) is 69.4 cm³/mol. The molecule has 0 aromatic rings. The Kier molecular flexibility index (Phi) is 5.84. The second kappa shape index (κ2) is 6.92. The Bertz CT molecular complexity index is 266. The van der Waals surface area contributed by atoms with Gasteiger partial charge < -0.3 is 25.8 Å². The monoisotopic (exact) mass is 259 g/mol. The molecule has 18 heavy (non-hydrogen) atoms. The van der Waals surface area contributed by atoms with Crippen LogP contribution >= 0.6 is 0 Å². The van der Waals surface area contributed by atoms with E-state index < -0.39 is 11.7 Å². The minimum absolute atomic E-state index is 0.0280.